The molecule has 1 amide bonds. The molecule has 1 aromatic heterocycles. The van der Waals surface area contributed by atoms with Gasteiger partial charge in [-0.15, -0.1) is 0 Å². The Balaban J connectivity index is 2.07. The molecule has 1 atom stereocenters. The Labute approximate surface area is 105 Å². The van der Waals surface area contributed by atoms with E-state index in [1.54, 1.807) is 6.20 Å². The second-order valence-corrected chi connectivity index (χ2v) is 4.66. The number of amides is 1. The number of para-hydroxylation sites is 1. The average Bonchev–Trinajstić information content (AvgIpc) is 2.79. The second-order valence-electron chi connectivity index (χ2n) is 4.66. The molecular weight excluding hydrogens is 226 g/mol. The van der Waals surface area contributed by atoms with Crippen LogP contribution >= 0.6 is 0 Å². The van der Waals surface area contributed by atoms with Gasteiger partial charge < -0.3 is 10.6 Å². The van der Waals surface area contributed by atoms with Gasteiger partial charge in [0.15, 0.2) is 0 Å². The number of fused-ring (bicyclic) bond motifs is 1. The smallest absolute Gasteiger partial charge is 0.227 e. The summed E-state index contributed by atoms with van der Waals surface area (Å²) in [6.45, 7) is 1.26. The van der Waals surface area contributed by atoms with Gasteiger partial charge in [-0.1, -0.05) is 18.2 Å². The number of anilines is 1. The molecule has 18 heavy (non-hydrogen) atoms. The van der Waals surface area contributed by atoms with Gasteiger partial charge in [0.25, 0.3) is 0 Å². The maximum Gasteiger partial charge on any atom is 0.227 e. The van der Waals surface area contributed by atoms with Crippen LogP contribution < -0.4 is 10.6 Å². The quantitative estimate of drug-likeness (QED) is 0.867. The molecule has 2 heterocycles. The van der Waals surface area contributed by atoms with Gasteiger partial charge in [-0.2, -0.15) is 0 Å². The molecule has 0 radical (unpaired) electrons. The highest BCUT2D eigenvalue weighted by Crippen LogP contribution is 2.29. The first-order chi connectivity index (χ1) is 8.79. The number of nitrogens with zero attached hydrogens (tertiary/aromatic N) is 2. The van der Waals surface area contributed by atoms with Gasteiger partial charge in [-0.3, -0.25) is 9.78 Å². The van der Waals surface area contributed by atoms with Crippen LogP contribution in [0.5, 0.6) is 0 Å². The van der Waals surface area contributed by atoms with E-state index in [9.17, 15) is 4.79 Å². The van der Waals surface area contributed by atoms with Crippen LogP contribution in [0.3, 0.4) is 0 Å². The van der Waals surface area contributed by atoms with Crippen molar-refractivity contribution in [1.82, 2.24) is 4.98 Å². The molecule has 1 aliphatic rings. The Hall–Kier alpha value is -1.94. The Morgan fingerprint density at radius 2 is 2.17 bits per heavy atom. The summed E-state index contributed by atoms with van der Waals surface area (Å²) in [5, 5.41) is 1.05. The third-order valence-corrected chi connectivity index (χ3v) is 3.44. The molecule has 0 spiro atoms. The molecule has 2 N–H and O–H groups in total. The van der Waals surface area contributed by atoms with E-state index in [1.807, 2.05) is 35.2 Å². The average molecular weight is 241 g/mol. The number of pyridine rings is 1. The Kier molecular flexibility index (Phi) is 2.72. The van der Waals surface area contributed by atoms with Crippen molar-refractivity contribution >= 4 is 22.5 Å². The number of nitrogens with two attached hydrogens (primary N) is 1. The van der Waals surface area contributed by atoms with Gasteiger partial charge in [0.05, 0.1) is 11.2 Å². The van der Waals surface area contributed by atoms with E-state index in [-0.39, 0.29) is 11.8 Å². The minimum Gasteiger partial charge on any atom is -0.330 e. The molecule has 3 rings (SSSR count). The van der Waals surface area contributed by atoms with Crippen molar-refractivity contribution in [3.05, 3.63) is 36.5 Å². The number of carbonyl (C=O) groups excluding carboxylic acids is 1. The van der Waals surface area contributed by atoms with Crippen molar-refractivity contribution in [3.63, 3.8) is 0 Å². The van der Waals surface area contributed by atoms with Crippen LogP contribution in [-0.4, -0.2) is 24.0 Å². The van der Waals surface area contributed by atoms with Crippen molar-refractivity contribution in [3.8, 4) is 0 Å². The molecule has 92 valence electrons. The molecule has 0 bridgehead atoms. The minimum atomic E-state index is 0.142. The van der Waals surface area contributed by atoms with Crippen LogP contribution in [0.2, 0.25) is 0 Å². The van der Waals surface area contributed by atoms with Crippen molar-refractivity contribution in [2.75, 3.05) is 18.0 Å². The number of aromatic nitrogens is 1. The molecule has 0 saturated carbocycles. The Bertz CT molecular complexity index is 591. The monoisotopic (exact) mass is 241 g/mol. The number of hydrogen-bond donors (Lipinski definition) is 1. The van der Waals surface area contributed by atoms with Crippen LogP contribution in [0.15, 0.2) is 36.5 Å². The summed E-state index contributed by atoms with van der Waals surface area (Å²) in [6.07, 6.45) is 2.30. The molecule has 2 aromatic rings. The fourth-order valence-corrected chi connectivity index (χ4v) is 2.48. The van der Waals surface area contributed by atoms with Gasteiger partial charge in [-0.25, -0.2) is 0 Å². The fourth-order valence-electron chi connectivity index (χ4n) is 2.48. The maximum atomic E-state index is 12.0. The molecular formula is C14H15N3O. The van der Waals surface area contributed by atoms with Crippen LogP contribution in [-0.2, 0) is 4.79 Å². The van der Waals surface area contributed by atoms with Gasteiger partial charge in [0, 0.05) is 24.5 Å². The van der Waals surface area contributed by atoms with E-state index in [2.05, 4.69) is 4.98 Å². The molecule has 1 saturated heterocycles. The van der Waals surface area contributed by atoms with E-state index >= 15 is 0 Å². The van der Waals surface area contributed by atoms with E-state index in [4.69, 9.17) is 5.73 Å². The molecule has 0 aliphatic carbocycles. The highest BCUT2D eigenvalue weighted by atomic mass is 16.2. The van der Waals surface area contributed by atoms with Gasteiger partial charge in [0.1, 0.15) is 0 Å². The molecule has 4 nitrogen and oxygen atoms in total. The van der Waals surface area contributed by atoms with E-state index < -0.39 is 0 Å². The van der Waals surface area contributed by atoms with Crippen molar-refractivity contribution < 1.29 is 4.79 Å². The first-order valence-corrected chi connectivity index (χ1v) is 6.14. The first-order valence-electron chi connectivity index (χ1n) is 6.14. The van der Waals surface area contributed by atoms with Crippen molar-refractivity contribution in [2.45, 2.75) is 6.42 Å². The van der Waals surface area contributed by atoms with Crippen LogP contribution in [0, 0.1) is 5.92 Å². The normalized spacial score (nSPS) is 19.7. The third kappa shape index (κ3) is 1.75. The van der Waals surface area contributed by atoms with Crippen molar-refractivity contribution in [2.24, 2.45) is 11.7 Å². The zero-order chi connectivity index (χ0) is 12.5. The summed E-state index contributed by atoms with van der Waals surface area (Å²) < 4.78 is 0. The van der Waals surface area contributed by atoms with Crippen LogP contribution in [0.4, 0.5) is 5.69 Å². The summed E-state index contributed by atoms with van der Waals surface area (Å²) in [6, 6.07) is 9.83. The second kappa shape index (κ2) is 4.38. The summed E-state index contributed by atoms with van der Waals surface area (Å²) in [7, 11) is 0. The summed E-state index contributed by atoms with van der Waals surface area (Å²) in [5.74, 6) is 0.403. The lowest BCUT2D eigenvalue weighted by molar-refractivity contribution is -0.117. The summed E-state index contributed by atoms with van der Waals surface area (Å²) >= 11 is 0. The SMILES string of the molecule is NCC1CC(=O)N(c2cccc3cccnc23)C1. The van der Waals surface area contributed by atoms with Crippen molar-refractivity contribution in [1.29, 1.82) is 0 Å². The Morgan fingerprint density at radius 1 is 1.33 bits per heavy atom. The number of rotatable bonds is 2. The minimum absolute atomic E-state index is 0.142. The van der Waals surface area contributed by atoms with Gasteiger partial charge >= 0.3 is 0 Å². The molecule has 1 unspecified atom stereocenters. The predicted octanol–water partition coefficient (Wildman–Crippen LogP) is 1.55. The lowest BCUT2D eigenvalue weighted by Crippen LogP contribution is -2.26. The highest BCUT2D eigenvalue weighted by molar-refractivity contribution is 6.03. The van der Waals surface area contributed by atoms with Crippen LogP contribution in [0.25, 0.3) is 10.9 Å². The summed E-state index contributed by atoms with van der Waals surface area (Å²) in [5.41, 5.74) is 7.43. The number of hydrogen-bond acceptors (Lipinski definition) is 3. The summed E-state index contributed by atoms with van der Waals surface area (Å²) in [4.78, 5) is 18.2. The van der Waals surface area contributed by atoms with Crippen LogP contribution in [0.1, 0.15) is 6.42 Å². The zero-order valence-corrected chi connectivity index (χ0v) is 10.0. The third-order valence-electron chi connectivity index (χ3n) is 3.44. The fraction of sp³-hybridized carbons (Fsp3) is 0.286. The molecule has 1 aliphatic heterocycles. The topological polar surface area (TPSA) is 59.2 Å². The molecule has 1 fully saturated rings. The number of benzene rings is 1. The molecule has 1 aromatic carbocycles. The highest BCUT2D eigenvalue weighted by Gasteiger charge is 2.30. The van der Waals surface area contributed by atoms with Gasteiger partial charge in [0.2, 0.25) is 5.91 Å². The first kappa shape index (κ1) is 11.2. The largest absolute Gasteiger partial charge is 0.330 e. The maximum absolute atomic E-state index is 12.0. The molecule has 4 heteroatoms. The van der Waals surface area contributed by atoms with E-state index in [0.29, 0.717) is 19.5 Å². The van der Waals surface area contributed by atoms with E-state index in [0.717, 1.165) is 16.6 Å². The standard InChI is InChI=1S/C14H15N3O/c15-8-10-7-13(18)17(9-10)12-5-1-3-11-4-2-6-16-14(11)12/h1-6,10H,7-9,15H2. The lowest BCUT2D eigenvalue weighted by Gasteiger charge is -2.18. The Morgan fingerprint density at radius 3 is 2.94 bits per heavy atom. The number of carbonyl (C=O) groups is 1. The van der Waals surface area contributed by atoms with Gasteiger partial charge in [-0.05, 0) is 24.6 Å². The predicted molar refractivity (Wildman–Crippen MR) is 71.3 cm³/mol. The van der Waals surface area contributed by atoms with E-state index in [1.165, 1.54) is 0 Å². The zero-order valence-electron chi connectivity index (χ0n) is 10.0. The lowest BCUT2D eigenvalue weighted by atomic mass is 10.1.